The minimum Gasteiger partial charge on any atom is -0.467 e. The van der Waals surface area contributed by atoms with Crippen molar-refractivity contribution in [3.63, 3.8) is 0 Å². The number of amides is 1. The first kappa shape index (κ1) is 18.2. The van der Waals surface area contributed by atoms with Crippen LogP contribution in [0.3, 0.4) is 0 Å². The normalized spacial score (nSPS) is 14.3. The van der Waals surface area contributed by atoms with E-state index in [1.165, 1.54) is 18.2 Å². The van der Waals surface area contributed by atoms with Crippen LogP contribution < -0.4 is 0 Å². The molecule has 27 heavy (non-hydrogen) atoms. The summed E-state index contributed by atoms with van der Waals surface area (Å²) in [5, 5.41) is 1.08. The Labute approximate surface area is 166 Å². The molecule has 1 aliphatic rings. The fraction of sp³-hybridized carbons (Fsp3) is 0.300. The third kappa shape index (κ3) is 4.39. The second-order valence-electron chi connectivity index (χ2n) is 6.38. The molecule has 7 heteroatoms. The number of benzene rings is 1. The van der Waals surface area contributed by atoms with Gasteiger partial charge in [0, 0.05) is 10.7 Å². The Bertz CT molecular complexity index is 965. The number of hydrogen-bond acceptors (Lipinski definition) is 5. The highest BCUT2D eigenvalue weighted by Gasteiger charge is 2.22. The van der Waals surface area contributed by atoms with E-state index >= 15 is 0 Å². The number of aromatic nitrogens is 1. The Hall–Kier alpha value is -2.18. The van der Waals surface area contributed by atoms with Crippen molar-refractivity contribution in [2.24, 2.45) is 0 Å². The summed E-state index contributed by atoms with van der Waals surface area (Å²) in [5.74, 6) is 1.04. The van der Waals surface area contributed by atoms with E-state index in [4.69, 9.17) is 20.4 Å². The molecule has 0 N–H and O–H groups in total. The zero-order valence-electron chi connectivity index (χ0n) is 14.7. The zero-order chi connectivity index (χ0) is 18.6. The SMILES string of the molecule is O=C(CSc1nc2cc(Cl)ccc2o1)N(Cc1ccco1)C1=CCCCC1. The van der Waals surface area contributed by atoms with Crippen LogP contribution in [0, 0.1) is 0 Å². The zero-order valence-corrected chi connectivity index (χ0v) is 16.3. The monoisotopic (exact) mass is 402 g/mol. The molecule has 140 valence electrons. The van der Waals surface area contributed by atoms with E-state index < -0.39 is 0 Å². The summed E-state index contributed by atoms with van der Waals surface area (Å²) in [6, 6.07) is 9.02. The van der Waals surface area contributed by atoms with Gasteiger partial charge in [-0.1, -0.05) is 29.4 Å². The standard InChI is InChI=1S/C20H19ClN2O3S/c21-14-8-9-18-17(11-14)22-20(26-18)27-13-19(24)23(12-16-7-4-10-25-16)15-5-2-1-3-6-15/h4-5,7-11H,1-3,6,12-13H2. The highest BCUT2D eigenvalue weighted by molar-refractivity contribution is 7.99. The molecule has 0 atom stereocenters. The molecule has 1 amide bonds. The largest absolute Gasteiger partial charge is 0.467 e. The summed E-state index contributed by atoms with van der Waals surface area (Å²) in [6.45, 7) is 0.446. The maximum absolute atomic E-state index is 12.9. The van der Waals surface area contributed by atoms with Gasteiger partial charge in [-0.15, -0.1) is 0 Å². The number of hydrogen-bond donors (Lipinski definition) is 0. The predicted molar refractivity (Wildman–Crippen MR) is 106 cm³/mol. The van der Waals surface area contributed by atoms with Crippen LogP contribution in [-0.2, 0) is 11.3 Å². The average molecular weight is 403 g/mol. The van der Waals surface area contributed by atoms with Crippen molar-refractivity contribution in [3.8, 4) is 0 Å². The smallest absolute Gasteiger partial charge is 0.257 e. The van der Waals surface area contributed by atoms with Gasteiger partial charge in [0.1, 0.15) is 11.3 Å². The van der Waals surface area contributed by atoms with E-state index in [0.717, 1.165) is 30.7 Å². The Balaban J connectivity index is 1.47. The third-order valence-corrected chi connectivity index (χ3v) is 5.51. The van der Waals surface area contributed by atoms with Gasteiger partial charge in [-0.2, -0.15) is 0 Å². The summed E-state index contributed by atoms with van der Waals surface area (Å²) in [4.78, 5) is 19.2. The molecule has 1 aliphatic carbocycles. The first-order valence-electron chi connectivity index (χ1n) is 8.90. The van der Waals surface area contributed by atoms with Crippen LogP contribution in [-0.4, -0.2) is 21.5 Å². The Morgan fingerprint density at radius 3 is 3.00 bits per heavy atom. The lowest BCUT2D eigenvalue weighted by Crippen LogP contribution is -2.32. The first-order valence-corrected chi connectivity index (χ1v) is 10.3. The van der Waals surface area contributed by atoms with Gasteiger partial charge in [-0.05, 0) is 56.0 Å². The summed E-state index contributed by atoms with van der Waals surface area (Å²) in [6.07, 6.45) is 8.00. The molecular formula is C20H19ClN2O3S. The van der Waals surface area contributed by atoms with Gasteiger partial charge in [0.2, 0.25) is 5.91 Å². The molecule has 0 radical (unpaired) electrons. The minimum atomic E-state index is 0.0184. The summed E-state index contributed by atoms with van der Waals surface area (Å²) < 4.78 is 11.1. The summed E-state index contributed by atoms with van der Waals surface area (Å²) in [7, 11) is 0. The van der Waals surface area contributed by atoms with E-state index in [9.17, 15) is 4.79 Å². The number of oxazole rings is 1. The number of carbonyl (C=O) groups is 1. The molecule has 4 rings (SSSR count). The molecule has 0 unspecified atom stereocenters. The second-order valence-corrected chi connectivity index (χ2v) is 7.74. The van der Waals surface area contributed by atoms with Crippen molar-refractivity contribution in [1.82, 2.24) is 9.88 Å². The fourth-order valence-corrected chi connectivity index (χ4v) is 4.00. The highest BCUT2D eigenvalue weighted by atomic mass is 35.5. The molecule has 0 spiro atoms. The molecule has 0 saturated carbocycles. The van der Waals surface area contributed by atoms with Gasteiger partial charge >= 0.3 is 0 Å². The number of rotatable bonds is 6. The van der Waals surface area contributed by atoms with Crippen molar-refractivity contribution in [2.75, 3.05) is 5.75 Å². The molecule has 0 aliphatic heterocycles. The van der Waals surface area contributed by atoms with Crippen LogP contribution in [0.2, 0.25) is 5.02 Å². The fourth-order valence-electron chi connectivity index (χ4n) is 3.12. The molecule has 0 bridgehead atoms. The Morgan fingerprint density at radius 2 is 2.22 bits per heavy atom. The average Bonchev–Trinajstić information content (AvgIpc) is 3.34. The van der Waals surface area contributed by atoms with Crippen LogP contribution in [0.25, 0.3) is 11.1 Å². The Morgan fingerprint density at radius 1 is 1.30 bits per heavy atom. The van der Waals surface area contributed by atoms with Gasteiger partial charge in [-0.25, -0.2) is 4.98 Å². The van der Waals surface area contributed by atoms with Gasteiger partial charge in [-0.3, -0.25) is 4.79 Å². The van der Waals surface area contributed by atoms with Gasteiger partial charge in [0.25, 0.3) is 5.22 Å². The molecule has 2 heterocycles. The quantitative estimate of drug-likeness (QED) is 0.498. The molecule has 5 nitrogen and oxygen atoms in total. The molecule has 0 fully saturated rings. The molecular weight excluding hydrogens is 384 g/mol. The number of allylic oxidation sites excluding steroid dienone is 2. The summed E-state index contributed by atoms with van der Waals surface area (Å²) in [5.41, 5.74) is 2.43. The number of furan rings is 1. The van der Waals surface area contributed by atoms with Crippen molar-refractivity contribution in [2.45, 2.75) is 37.5 Å². The lowest BCUT2D eigenvalue weighted by atomic mass is 10.0. The van der Waals surface area contributed by atoms with E-state index in [2.05, 4.69) is 11.1 Å². The number of nitrogens with zero attached hydrogens (tertiary/aromatic N) is 2. The van der Waals surface area contributed by atoms with Gasteiger partial charge in [0.15, 0.2) is 5.58 Å². The number of fused-ring (bicyclic) bond motifs is 1. The van der Waals surface area contributed by atoms with E-state index in [1.807, 2.05) is 17.0 Å². The minimum absolute atomic E-state index is 0.0184. The van der Waals surface area contributed by atoms with Crippen LogP contribution in [0.1, 0.15) is 31.4 Å². The third-order valence-electron chi connectivity index (χ3n) is 4.46. The first-order chi connectivity index (χ1) is 13.2. The number of carbonyl (C=O) groups excluding carboxylic acids is 1. The van der Waals surface area contributed by atoms with Gasteiger partial charge < -0.3 is 13.7 Å². The van der Waals surface area contributed by atoms with Crippen molar-refractivity contribution in [3.05, 3.63) is 59.2 Å². The number of halogens is 1. The number of thioether (sulfide) groups is 1. The van der Waals surface area contributed by atoms with E-state index in [-0.39, 0.29) is 11.7 Å². The van der Waals surface area contributed by atoms with Crippen LogP contribution >= 0.6 is 23.4 Å². The van der Waals surface area contributed by atoms with E-state index in [1.54, 1.807) is 24.5 Å². The lowest BCUT2D eigenvalue weighted by molar-refractivity contribution is -0.127. The maximum atomic E-state index is 12.9. The lowest BCUT2D eigenvalue weighted by Gasteiger charge is -2.26. The van der Waals surface area contributed by atoms with Crippen LogP contribution in [0.15, 0.2) is 62.4 Å². The van der Waals surface area contributed by atoms with Crippen molar-refractivity contribution in [1.29, 1.82) is 0 Å². The topological polar surface area (TPSA) is 59.5 Å². The van der Waals surface area contributed by atoms with Gasteiger partial charge in [0.05, 0.1) is 18.6 Å². The second kappa shape index (κ2) is 8.23. The highest BCUT2D eigenvalue weighted by Crippen LogP contribution is 2.28. The molecule has 1 aromatic carbocycles. The Kier molecular flexibility index (Phi) is 5.55. The molecule has 3 aromatic rings. The van der Waals surface area contributed by atoms with Crippen LogP contribution in [0.5, 0.6) is 0 Å². The van der Waals surface area contributed by atoms with Crippen LogP contribution in [0.4, 0.5) is 0 Å². The van der Waals surface area contributed by atoms with Crippen molar-refractivity contribution >= 4 is 40.4 Å². The molecule has 2 aromatic heterocycles. The van der Waals surface area contributed by atoms with E-state index in [0.29, 0.717) is 27.9 Å². The maximum Gasteiger partial charge on any atom is 0.257 e. The summed E-state index contributed by atoms with van der Waals surface area (Å²) >= 11 is 7.28. The van der Waals surface area contributed by atoms with Crippen molar-refractivity contribution < 1.29 is 13.6 Å². The predicted octanol–water partition coefficient (Wildman–Crippen LogP) is 5.65. The molecule has 0 saturated heterocycles.